The number of carbonyl (C=O) groups is 1. The van der Waals surface area contributed by atoms with E-state index in [9.17, 15) is 13.6 Å². The smallest absolute Gasteiger partial charge is 0.182 e. The van der Waals surface area contributed by atoms with Gasteiger partial charge in [-0.3, -0.25) is 14.6 Å². The SMILES string of the molecule is CC(C)N1CCN(C(C)C(=O)c2ccc(F)cc2F)CC1. The van der Waals surface area contributed by atoms with Crippen LogP contribution in [0.5, 0.6) is 0 Å². The highest BCUT2D eigenvalue weighted by Crippen LogP contribution is 2.16. The number of ketones is 1. The highest BCUT2D eigenvalue weighted by Gasteiger charge is 2.28. The normalized spacial score (nSPS) is 19.0. The minimum Gasteiger partial charge on any atom is -0.298 e. The molecule has 0 amide bonds. The molecule has 1 unspecified atom stereocenters. The largest absolute Gasteiger partial charge is 0.298 e. The maximum atomic E-state index is 13.7. The summed E-state index contributed by atoms with van der Waals surface area (Å²) in [5, 5.41) is 0. The van der Waals surface area contributed by atoms with Gasteiger partial charge in [0.1, 0.15) is 11.6 Å². The molecular weight excluding hydrogens is 274 g/mol. The summed E-state index contributed by atoms with van der Waals surface area (Å²) in [5.74, 6) is -1.74. The molecule has 1 aliphatic heterocycles. The van der Waals surface area contributed by atoms with Crippen LogP contribution in [0.3, 0.4) is 0 Å². The molecule has 0 N–H and O–H groups in total. The van der Waals surface area contributed by atoms with Gasteiger partial charge in [-0.15, -0.1) is 0 Å². The van der Waals surface area contributed by atoms with E-state index in [-0.39, 0.29) is 17.4 Å². The molecular formula is C16H22F2N2O. The zero-order chi connectivity index (χ0) is 15.6. The van der Waals surface area contributed by atoms with Gasteiger partial charge in [0.2, 0.25) is 0 Å². The van der Waals surface area contributed by atoms with Crippen LogP contribution in [0.25, 0.3) is 0 Å². The van der Waals surface area contributed by atoms with Crippen LogP contribution in [0.4, 0.5) is 8.78 Å². The van der Waals surface area contributed by atoms with E-state index in [1.165, 1.54) is 6.07 Å². The number of benzene rings is 1. The Morgan fingerprint density at radius 1 is 1.05 bits per heavy atom. The van der Waals surface area contributed by atoms with Crippen LogP contribution in [0.15, 0.2) is 18.2 Å². The summed E-state index contributed by atoms with van der Waals surface area (Å²) < 4.78 is 26.6. The van der Waals surface area contributed by atoms with Crippen LogP contribution in [0.2, 0.25) is 0 Å². The minimum absolute atomic E-state index is 0.0322. The summed E-state index contributed by atoms with van der Waals surface area (Å²) in [6.07, 6.45) is 0. The van der Waals surface area contributed by atoms with E-state index in [1.807, 2.05) is 0 Å². The highest BCUT2D eigenvalue weighted by atomic mass is 19.1. The molecule has 1 heterocycles. The summed E-state index contributed by atoms with van der Waals surface area (Å²) in [6, 6.07) is 3.22. The Morgan fingerprint density at radius 3 is 2.14 bits per heavy atom. The number of halogens is 2. The lowest BCUT2D eigenvalue weighted by atomic mass is 10.0. The summed E-state index contributed by atoms with van der Waals surface area (Å²) >= 11 is 0. The van der Waals surface area contributed by atoms with Crippen molar-refractivity contribution in [1.29, 1.82) is 0 Å². The third-order valence-electron chi connectivity index (χ3n) is 4.20. The van der Waals surface area contributed by atoms with Crippen LogP contribution in [0.1, 0.15) is 31.1 Å². The van der Waals surface area contributed by atoms with Gasteiger partial charge in [0.15, 0.2) is 5.78 Å². The van der Waals surface area contributed by atoms with E-state index in [2.05, 4.69) is 23.6 Å². The maximum Gasteiger partial charge on any atom is 0.182 e. The van der Waals surface area contributed by atoms with Crippen molar-refractivity contribution in [3.63, 3.8) is 0 Å². The average molecular weight is 296 g/mol. The number of carbonyl (C=O) groups excluding carboxylic acids is 1. The molecule has 0 spiro atoms. The topological polar surface area (TPSA) is 23.6 Å². The first-order valence-corrected chi connectivity index (χ1v) is 7.37. The van der Waals surface area contributed by atoms with Crippen LogP contribution in [0, 0.1) is 11.6 Å². The molecule has 1 aromatic carbocycles. The molecule has 116 valence electrons. The van der Waals surface area contributed by atoms with Crippen LogP contribution < -0.4 is 0 Å². The molecule has 3 nitrogen and oxygen atoms in total. The van der Waals surface area contributed by atoms with Crippen molar-refractivity contribution < 1.29 is 13.6 Å². The number of hydrogen-bond donors (Lipinski definition) is 0. The summed E-state index contributed by atoms with van der Waals surface area (Å²) in [6.45, 7) is 9.47. The Balaban J connectivity index is 2.03. The fourth-order valence-corrected chi connectivity index (χ4v) is 2.72. The summed E-state index contributed by atoms with van der Waals surface area (Å²) in [5.41, 5.74) is -0.0322. The van der Waals surface area contributed by atoms with Crippen molar-refractivity contribution in [3.8, 4) is 0 Å². The van der Waals surface area contributed by atoms with Gasteiger partial charge in [0.05, 0.1) is 11.6 Å². The second-order valence-electron chi connectivity index (χ2n) is 5.83. The fourth-order valence-electron chi connectivity index (χ4n) is 2.72. The van der Waals surface area contributed by atoms with Gasteiger partial charge < -0.3 is 0 Å². The first kappa shape index (κ1) is 16.0. The molecule has 1 aromatic rings. The van der Waals surface area contributed by atoms with Crippen molar-refractivity contribution in [1.82, 2.24) is 9.80 Å². The van der Waals surface area contributed by atoms with Crippen LogP contribution in [-0.4, -0.2) is 53.8 Å². The third-order valence-corrected chi connectivity index (χ3v) is 4.20. The van der Waals surface area contributed by atoms with Gasteiger partial charge in [-0.2, -0.15) is 0 Å². The summed E-state index contributed by atoms with van der Waals surface area (Å²) in [7, 11) is 0. The molecule has 0 saturated carbocycles. The molecule has 1 fully saturated rings. The lowest BCUT2D eigenvalue weighted by Gasteiger charge is -2.39. The maximum absolute atomic E-state index is 13.7. The molecule has 0 bridgehead atoms. The number of piperazine rings is 1. The first-order valence-electron chi connectivity index (χ1n) is 7.37. The predicted octanol–water partition coefficient (Wildman–Crippen LogP) is 2.56. The van der Waals surface area contributed by atoms with Gasteiger partial charge in [-0.1, -0.05) is 0 Å². The van der Waals surface area contributed by atoms with Crippen molar-refractivity contribution in [2.45, 2.75) is 32.9 Å². The van der Waals surface area contributed by atoms with Gasteiger partial charge in [0, 0.05) is 38.3 Å². The molecule has 1 atom stereocenters. The Kier molecular flexibility index (Phi) is 5.06. The lowest BCUT2D eigenvalue weighted by molar-refractivity contribution is 0.0636. The molecule has 0 aromatic heterocycles. The van der Waals surface area contributed by atoms with Crippen LogP contribution >= 0.6 is 0 Å². The fraction of sp³-hybridized carbons (Fsp3) is 0.562. The zero-order valence-corrected chi connectivity index (χ0v) is 12.8. The summed E-state index contributed by atoms with van der Waals surface area (Å²) in [4.78, 5) is 16.8. The Bertz CT molecular complexity index is 511. The standard InChI is InChI=1S/C16H22F2N2O/c1-11(2)19-6-8-20(9-7-19)12(3)16(21)14-5-4-13(17)10-15(14)18/h4-5,10-12H,6-9H2,1-3H3. The minimum atomic E-state index is -0.785. The molecule has 1 saturated heterocycles. The van der Waals surface area contributed by atoms with E-state index in [1.54, 1.807) is 6.92 Å². The van der Waals surface area contributed by atoms with E-state index < -0.39 is 11.6 Å². The molecule has 0 radical (unpaired) electrons. The second-order valence-corrected chi connectivity index (χ2v) is 5.83. The first-order chi connectivity index (χ1) is 9.90. The number of nitrogens with zero attached hydrogens (tertiary/aromatic N) is 2. The van der Waals surface area contributed by atoms with Gasteiger partial charge in [-0.25, -0.2) is 8.78 Å². The quantitative estimate of drug-likeness (QED) is 0.798. The van der Waals surface area contributed by atoms with Crippen molar-refractivity contribution in [2.24, 2.45) is 0 Å². The third kappa shape index (κ3) is 3.66. The monoisotopic (exact) mass is 296 g/mol. The van der Waals surface area contributed by atoms with Crippen LogP contribution in [-0.2, 0) is 0 Å². The van der Waals surface area contributed by atoms with Gasteiger partial charge >= 0.3 is 0 Å². The molecule has 1 aliphatic rings. The van der Waals surface area contributed by atoms with E-state index >= 15 is 0 Å². The molecule has 5 heteroatoms. The molecule has 21 heavy (non-hydrogen) atoms. The highest BCUT2D eigenvalue weighted by molar-refractivity contribution is 6.00. The Labute approximate surface area is 124 Å². The number of rotatable bonds is 4. The van der Waals surface area contributed by atoms with Crippen molar-refractivity contribution in [2.75, 3.05) is 26.2 Å². The zero-order valence-electron chi connectivity index (χ0n) is 12.8. The molecule has 2 rings (SSSR count). The Morgan fingerprint density at radius 2 is 1.62 bits per heavy atom. The van der Waals surface area contributed by atoms with Crippen molar-refractivity contribution >= 4 is 5.78 Å². The van der Waals surface area contributed by atoms with Gasteiger partial charge in [-0.05, 0) is 32.9 Å². The lowest BCUT2D eigenvalue weighted by Crippen LogP contribution is -2.53. The van der Waals surface area contributed by atoms with Gasteiger partial charge in [0.25, 0.3) is 0 Å². The number of hydrogen-bond acceptors (Lipinski definition) is 3. The van der Waals surface area contributed by atoms with E-state index in [0.29, 0.717) is 6.04 Å². The predicted molar refractivity (Wildman–Crippen MR) is 78.4 cm³/mol. The second kappa shape index (κ2) is 6.62. The van der Waals surface area contributed by atoms with E-state index in [0.717, 1.165) is 38.3 Å². The number of Topliss-reactive ketones (excluding diaryl/α,β-unsaturated/α-hetero) is 1. The van der Waals surface area contributed by atoms with E-state index in [4.69, 9.17) is 0 Å². The molecule has 0 aliphatic carbocycles. The average Bonchev–Trinajstić information content (AvgIpc) is 2.46. The Hall–Kier alpha value is -1.33. The van der Waals surface area contributed by atoms with Crippen molar-refractivity contribution in [3.05, 3.63) is 35.4 Å².